The first-order valence-electron chi connectivity index (χ1n) is 11.6. The first kappa shape index (κ1) is 22.2. The van der Waals surface area contributed by atoms with E-state index in [0.29, 0.717) is 28.1 Å². The van der Waals surface area contributed by atoms with Gasteiger partial charge in [-0.1, -0.05) is 6.92 Å². The largest absolute Gasteiger partial charge is 0.458 e. The highest BCUT2D eigenvalue weighted by Gasteiger charge is 2.45. The van der Waals surface area contributed by atoms with Crippen LogP contribution in [-0.2, 0) is 28.3 Å². The SMILES string of the molecule is CC[C@@]1(O)C(=O)OCc2c1cc1n(c2=O)Cc2c-1c(=O)c1cc(F)c(C)cc1n2-c1ccc(N)cc1. The maximum Gasteiger partial charge on any atom is 0.343 e. The number of carbonyl (C=O) groups excluding carboxylic acids is 1. The van der Waals surface area contributed by atoms with Crippen LogP contribution in [0, 0.1) is 12.7 Å². The molecule has 4 aromatic rings. The summed E-state index contributed by atoms with van der Waals surface area (Å²) < 4.78 is 23.0. The Hall–Kier alpha value is -4.24. The molecular weight excluding hydrogens is 465 g/mol. The Bertz CT molecular complexity index is 1750. The van der Waals surface area contributed by atoms with Crippen molar-refractivity contribution in [2.24, 2.45) is 0 Å². The standard InChI is InChI=1S/C27H22FN3O5/c1-3-27(35)18-10-21-23-22(11-30(21)25(33)17(18)12-36-26(27)34)31(15-6-4-14(29)5-7-15)20-8-13(2)19(28)9-16(20)24(23)32/h4-10,35H,3,11-12,29H2,1-2H3/t27-/m0/s1. The van der Waals surface area contributed by atoms with Gasteiger partial charge in [0, 0.05) is 22.3 Å². The van der Waals surface area contributed by atoms with Crippen molar-refractivity contribution >= 4 is 22.6 Å². The summed E-state index contributed by atoms with van der Waals surface area (Å²) in [7, 11) is 0. The fourth-order valence-corrected chi connectivity index (χ4v) is 5.30. The van der Waals surface area contributed by atoms with Gasteiger partial charge in [-0.2, -0.15) is 0 Å². The molecule has 0 saturated carbocycles. The number of hydrogen-bond donors (Lipinski definition) is 2. The maximum absolute atomic E-state index is 14.6. The lowest BCUT2D eigenvalue weighted by Gasteiger charge is -2.31. The molecule has 0 aliphatic carbocycles. The first-order valence-corrected chi connectivity index (χ1v) is 11.6. The lowest BCUT2D eigenvalue weighted by atomic mass is 9.85. The number of halogens is 1. The van der Waals surface area contributed by atoms with Crippen LogP contribution in [0.15, 0.2) is 52.1 Å². The number of aromatic nitrogens is 2. The second-order valence-electron chi connectivity index (χ2n) is 9.30. The molecule has 2 aromatic carbocycles. The lowest BCUT2D eigenvalue weighted by molar-refractivity contribution is -0.172. The summed E-state index contributed by atoms with van der Waals surface area (Å²) >= 11 is 0. The third-order valence-corrected chi connectivity index (χ3v) is 7.31. The van der Waals surface area contributed by atoms with Crippen LogP contribution >= 0.6 is 0 Å². The lowest BCUT2D eigenvalue weighted by Crippen LogP contribution is -2.44. The maximum atomic E-state index is 14.6. The number of nitrogens with zero attached hydrogens (tertiary/aromatic N) is 2. The summed E-state index contributed by atoms with van der Waals surface area (Å²) in [5.74, 6) is -1.36. The number of carbonyl (C=O) groups is 1. The van der Waals surface area contributed by atoms with Crippen LogP contribution in [0.4, 0.5) is 10.1 Å². The third-order valence-electron chi connectivity index (χ3n) is 7.31. The van der Waals surface area contributed by atoms with Crippen LogP contribution in [0.5, 0.6) is 0 Å². The van der Waals surface area contributed by atoms with E-state index in [0.717, 1.165) is 0 Å². The number of nitrogens with two attached hydrogens (primary N) is 1. The first-order chi connectivity index (χ1) is 17.2. The molecule has 0 unspecified atom stereocenters. The van der Waals surface area contributed by atoms with Crippen LogP contribution in [0.3, 0.4) is 0 Å². The van der Waals surface area contributed by atoms with E-state index in [1.807, 2.05) is 4.57 Å². The van der Waals surface area contributed by atoms with Gasteiger partial charge in [0.1, 0.15) is 12.4 Å². The molecule has 9 heteroatoms. The van der Waals surface area contributed by atoms with Crippen molar-refractivity contribution in [3.63, 3.8) is 0 Å². The Labute approximate surface area is 204 Å². The number of aliphatic hydroxyl groups is 1. The fraction of sp³-hybridized carbons (Fsp3) is 0.222. The van der Waals surface area contributed by atoms with Gasteiger partial charge in [0.2, 0.25) is 0 Å². The van der Waals surface area contributed by atoms with Crippen LogP contribution in [0.25, 0.3) is 27.8 Å². The number of aryl methyl sites for hydroxylation is 1. The molecule has 36 heavy (non-hydrogen) atoms. The molecule has 2 aliphatic rings. The van der Waals surface area contributed by atoms with Gasteiger partial charge in [-0.15, -0.1) is 0 Å². The van der Waals surface area contributed by atoms with Gasteiger partial charge in [0.25, 0.3) is 5.56 Å². The molecule has 3 N–H and O–H groups in total. The van der Waals surface area contributed by atoms with E-state index in [1.165, 1.54) is 16.7 Å². The van der Waals surface area contributed by atoms with Crippen molar-refractivity contribution < 1.29 is 19.0 Å². The minimum absolute atomic E-state index is 0.00748. The van der Waals surface area contributed by atoms with E-state index in [-0.39, 0.29) is 47.3 Å². The molecule has 4 heterocycles. The Balaban J connectivity index is 1.75. The monoisotopic (exact) mass is 487 g/mol. The number of rotatable bonds is 2. The van der Waals surface area contributed by atoms with E-state index in [1.54, 1.807) is 44.2 Å². The van der Waals surface area contributed by atoms with E-state index in [2.05, 4.69) is 0 Å². The molecule has 2 aliphatic heterocycles. The number of esters is 1. The number of benzene rings is 2. The van der Waals surface area contributed by atoms with Gasteiger partial charge in [-0.25, -0.2) is 9.18 Å². The van der Waals surface area contributed by atoms with E-state index >= 15 is 0 Å². The molecule has 0 radical (unpaired) electrons. The Morgan fingerprint density at radius 2 is 1.86 bits per heavy atom. The number of hydrogen-bond acceptors (Lipinski definition) is 6. The van der Waals surface area contributed by atoms with Crippen LogP contribution in [0.2, 0.25) is 0 Å². The highest BCUT2D eigenvalue weighted by molar-refractivity contribution is 5.89. The van der Waals surface area contributed by atoms with Crippen LogP contribution in [0.1, 0.15) is 35.7 Å². The minimum atomic E-state index is -2.00. The molecule has 0 spiro atoms. The second kappa shape index (κ2) is 7.38. The van der Waals surface area contributed by atoms with Gasteiger partial charge in [0.15, 0.2) is 11.0 Å². The highest BCUT2D eigenvalue weighted by Crippen LogP contribution is 2.39. The quantitative estimate of drug-likeness (QED) is 0.292. The van der Waals surface area contributed by atoms with Gasteiger partial charge >= 0.3 is 5.97 Å². The molecule has 0 saturated heterocycles. The third kappa shape index (κ3) is 2.80. The topological polar surface area (TPSA) is 117 Å². The summed E-state index contributed by atoms with van der Waals surface area (Å²) in [6.07, 6.45) is -0.00748. The van der Waals surface area contributed by atoms with Crippen LogP contribution in [-0.4, -0.2) is 20.2 Å². The molecular formula is C27H22FN3O5. The van der Waals surface area contributed by atoms with Crippen molar-refractivity contribution in [1.29, 1.82) is 0 Å². The molecule has 0 bridgehead atoms. The zero-order valence-corrected chi connectivity index (χ0v) is 19.6. The Kier molecular flexibility index (Phi) is 4.56. The van der Waals surface area contributed by atoms with Crippen molar-refractivity contribution in [2.45, 2.75) is 39.0 Å². The van der Waals surface area contributed by atoms with Gasteiger partial charge in [0.05, 0.1) is 34.6 Å². The average Bonchev–Trinajstić information content (AvgIpc) is 3.24. The zero-order chi connectivity index (χ0) is 25.5. The predicted octanol–water partition coefficient (Wildman–Crippen LogP) is 2.87. The van der Waals surface area contributed by atoms with E-state index in [4.69, 9.17) is 10.5 Å². The summed E-state index contributed by atoms with van der Waals surface area (Å²) in [4.78, 5) is 39.8. The molecule has 182 valence electrons. The van der Waals surface area contributed by atoms with Crippen molar-refractivity contribution in [3.05, 3.63) is 91.2 Å². The smallest absolute Gasteiger partial charge is 0.343 e. The molecule has 6 rings (SSSR count). The molecule has 8 nitrogen and oxygen atoms in total. The second-order valence-corrected chi connectivity index (χ2v) is 9.30. The Morgan fingerprint density at radius 1 is 1.14 bits per heavy atom. The van der Waals surface area contributed by atoms with E-state index in [9.17, 15) is 23.9 Å². The number of ether oxygens (including phenoxy) is 1. The summed E-state index contributed by atoms with van der Waals surface area (Å²) in [5, 5.41) is 11.3. The highest BCUT2D eigenvalue weighted by atomic mass is 19.1. The van der Waals surface area contributed by atoms with Crippen molar-refractivity contribution in [3.8, 4) is 16.9 Å². The fourth-order valence-electron chi connectivity index (χ4n) is 5.30. The summed E-state index contributed by atoms with van der Waals surface area (Å²) in [5.41, 5.74) is 6.46. The van der Waals surface area contributed by atoms with Gasteiger partial charge in [-0.3, -0.25) is 9.59 Å². The number of nitrogen functional groups attached to an aromatic ring is 1. The van der Waals surface area contributed by atoms with Gasteiger partial charge in [-0.05, 0) is 61.4 Å². The van der Waals surface area contributed by atoms with E-state index < -0.39 is 28.4 Å². The summed E-state index contributed by atoms with van der Waals surface area (Å²) in [6, 6.07) is 11.4. The normalized spacial score (nSPS) is 18.1. The zero-order valence-electron chi connectivity index (χ0n) is 19.6. The van der Waals surface area contributed by atoms with Crippen LogP contribution < -0.4 is 16.7 Å². The average molecular weight is 487 g/mol. The van der Waals surface area contributed by atoms with Crippen molar-refractivity contribution in [1.82, 2.24) is 9.13 Å². The number of pyridine rings is 2. The molecule has 0 amide bonds. The van der Waals surface area contributed by atoms with Gasteiger partial charge < -0.3 is 24.7 Å². The molecule has 1 atom stereocenters. The number of cyclic esters (lactones) is 1. The van der Waals surface area contributed by atoms with Crippen molar-refractivity contribution in [2.75, 3.05) is 5.73 Å². The Morgan fingerprint density at radius 3 is 2.56 bits per heavy atom. The summed E-state index contributed by atoms with van der Waals surface area (Å²) in [6.45, 7) is 3.04. The minimum Gasteiger partial charge on any atom is -0.458 e. The number of fused-ring (bicyclic) bond motifs is 5. The predicted molar refractivity (Wildman–Crippen MR) is 131 cm³/mol. The molecule has 0 fully saturated rings. The number of anilines is 1. The molecule has 2 aromatic heterocycles.